The van der Waals surface area contributed by atoms with Crippen molar-refractivity contribution in [1.29, 1.82) is 0 Å². The minimum absolute atomic E-state index is 0.459. The molecule has 0 saturated carbocycles. The predicted molar refractivity (Wildman–Crippen MR) is 89.0 cm³/mol. The Bertz CT molecular complexity index is 958. The molecular formula is C18H13BO3. The van der Waals surface area contributed by atoms with Gasteiger partial charge in [0, 0.05) is 10.8 Å². The van der Waals surface area contributed by atoms with Gasteiger partial charge in [-0.05, 0) is 34.8 Å². The van der Waals surface area contributed by atoms with Crippen LogP contribution in [0.1, 0.15) is 0 Å². The van der Waals surface area contributed by atoms with Gasteiger partial charge in [-0.3, -0.25) is 0 Å². The van der Waals surface area contributed by atoms with E-state index in [1.54, 1.807) is 18.2 Å². The summed E-state index contributed by atoms with van der Waals surface area (Å²) >= 11 is 0. The number of fused-ring (bicyclic) bond motifs is 3. The Morgan fingerprint density at radius 1 is 0.682 bits per heavy atom. The lowest BCUT2D eigenvalue weighted by molar-refractivity contribution is 0.426. The Morgan fingerprint density at radius 2 is 1.36 bits per heavy atom. The molecule has 1 aromatic heterocycles. The molecule has 0 aliphatic heterocycles. The van der Waals surface area contributed by atoms with Crippen molar-refractivity contribution < 1.29 is 14.5 Å². The van der Waals surface area contributed by atoms with Crippen LogP contribution in [0.15, 0.2) is 71.1 Å². The molecule has 106 valence electrons. The highest BCUT2D eigenvalue weighted by molar-refractivity contribution is 6.59. The Hall–Kier alpha value is -2.56. The van der Waals surface area contributed by atoms with Gasteiger partial charge in [-0.25, -0.2) is 0 Å². The van der Waals surface area contributed by atoms with Gasteiger partial charge in [0.25, 0.3) is 0 Å². The summed E-state index contributed by atoms with van der Waals surface area (Å²) < 4.78 is 5.81. The zero-order valence-electron chi connectivity index (χ0n) is 11.7. The monoisotopic (exact) mass is 288 g/mol. The largest absolute Gasteiger partial charge is 0.488 e. The summed E-state index contributed by atoms with van der Waals surface area (Å²) in [7, 11) is -1.48. The third-order valence-corrected chi connectivity index (χ3v) is 3.90. The summed E-state index contributed by atoms with van der Waals surface area (Å²) in [6.45, 7) is 0. The van der Waals surface area contributed by atoms with Crippen molar-refractivity contribution in [3.05, 3.63) is 66.7 Å². The first kappa shape index (κ1) is 13.1. The van der Waals surface area contributed by atoms with Gasteiger partial charge >= 0.3 is 7.12 Å². The van der Waals surface area contributed by atoms with Crippen LogP contribution in [-0.2, 0) is 0 Å². The van der Waals surface area contributed by atoms with E-state index in [0.717, 1.165) is 33.1 Å². The number of hydrogen-bond acceptors (Lipinski definition) is 3. The van der Waals surface area contributed by atoms with Gasteiger partial charge in [0.1, 0.15) is 11.2 Å². The van der Waals surface area contributed by atoms with Crippen molar-refractivity contribution in [1.82, 2.24) is 0 Å². The van der Waals surface area contributed by atoms with Crippen LogP contribution in [0.2, 0.25) is 0 Å². The SMILES string of the molecule is OB(O)c1ccc2oc3ccc(-c4ccccc4)cc3c2c1. The molecule has 0 fully saturated rings. The topological polar surface area (TPSA) is 53.6 Å². The Labute approximate surface area is 127 Å². The van der Waals surface area contributed by atoms with Gasteiger partial charge in [0.2, 0.25) is 0 Å². The van der Waals surface area contributed by atoms with E-state index in [0.29, 0.717) is 5.46 Å². The molecule has 0 aliphatic carbocycles. The van der Waals surface area contributed by atoms with E-state index in [9.17, 15) is 10.0 Å². The lowest BCUT2D eigenvalue weighted by Gasteiger charge is -2.01. The molecule has 1 heterocycles. The number of benzene rings is 3. The molecular weight excluding hydrogens is 275 g/mol. The summed E-state index contributed by atoms with van der Waals surface area (Å²) in [4.78, 5) is 0. The molecule has 0 bridgehead atoms. The Morgan fingerprint density at radius 3 is 2.09 bits per heavy atom. The predicted octanol–water partition coefficient (Wildman–Crippen LogP) is 2.93. The maximum atomic E-state index is 9.35. The van der Waals surface area contributed by atoms with Gasteiger partial charge in [-0.1, -0.05) is 48.5 Å². The smallest absolute Gasteiger partial charge is 0.456 e. The lowest BCUT2D eigenvalue weighted by Crippen LogP contribution is -2.29. The van der Waals surface area contributed by atoms with Crippen LogP contribution in [0.3, 0.4) is 0 Å². The lowest BCUT2D eigenvalue weighted by atomic mass is 9.80. The number of rotatable bonds is 2. The zero-order valence-corrected chi connectivity index (χ0v) is 11.7. The van der Waals surface area contributed by atoms with Gasteiger partial charge in [0.15, 0.2) is 0 Å². The Balaban J connectivity index is 1.97. The summed E-state index contributed by atoms with van der Waals surface area (Å²) in [6.07, 6.45) is 0. The molecule has 4 heteroatoms. The molecule has 0 amide bonds. The first-order chi connectivity index (χ1) is 10.7. The normalized spacial score (nSPS) is 11.2. The minimum atomic E-state index is -1.48. The highest BCUT2D eigenvalue weighted by atomic mass is 16.4. The van der Waals surface area contributed by atoms with Crippen LogP contribution in [0.4, 0.5) is 0 Å². The average Bonchev–Trinajstić information content (AvgIpc) is 2.92. The molecule has 0 radical (unpaired) electrons. The summed E-state index contributed by atoms with van der Waals surface area (Å²) in [5, 5.41) is 20.6. The highest BCUT2D eigenvalue weighted by Gasteiger charge is 2.14. The highest BCUT2D eigenvalue weighted by Crippen LogP contribution is 2.31. The van der Waals surface area contributed by atoms with E-state index in [-0.39, 0.29) is 0 Å². The van der Waals surface area contributed by atoms with E-state index in [1.165, 1.54) is 0 Å². The van der Waals surface area contributed by atoms with Crippen LogP contribution in [0, 0.1) is 0 Å². The zero-order chi connectivity index (χ0) is 15.1. The van der Waals surface area contributed by atoms with Gasteiger partial charge in [0.05, 0.1) is 0 Å². The molecule has 4 rings (SSSR count). The molecule has 22 heavy (non-hydrogen) atoms. The van der Waals surface area contributed by atoms with Crippen molar-refractivity contribution in [2.24, 2.45) is 0 Å². The maximum Gasteiger partial charge on any atom is 0.488 e. The van der Waals surface area contributed by atoms with Crippen LogP contribution in [0.5, 0.6) is 0 Å². The third kappa shape index (κ3) is 2.10. The second kappa shape index (κ2) is 5.02. The molecule has 3 nitrogen and oxygen atoms in total. The van der Waals surface area contributed by atoms with Crippen molar-refractivity contribution in [3.8, 4) is 11.1 Å². The van der Waals surface area contributed by atoms with Gasteiger partial charge in [-0.15, -0.1) is 0 Å². The number of furan rings is 1. The Kier molecular flexibility index (Phi) is 3.00. The second-order valence-electron chi connectivity index (χ2n) is 5.31. The quantitative estimate of drug-likeness (QED) is 0.558. The van der Waals surface area contributed by atoms with E-state index >= 15 is 0 Å². The molecule has 0 spiro atoms. The summed E-state index contributed by atoms with van der Waals surface area (Å²) in [6, 6.07) is 21.4. The molecule has 0 atom stereocenters. The first-order valence-electron chi connectivity index (χ1n) is 7.10. The minimum Gasteiger partial charge on any atom is -0.456 e. The van der Waals surface area contributed by atoms with Gasteiger partial charge in [-0.2, -0.15) is 0 Å². The third-order valence-electron chi connectivity index (χ3n) is 3.90. The fourth-order valence-electron chi connectivity index (χ4n) is 2.77. The van der Waals surface area contributed by atoms with Crippen LogP contribution in [-0.4, -0.2) is 17.2 Å². The van der Waals surface area contributed by atoms with E-state index in [1.807, 2.05) is 30.3 Å². The standard InChI is InChI=1S/C18H13BO3/c20-19(21)14-7-9-18-16(11-14)15-10-13(6-8-17(15)22-18)12-4-2-1-3-5-12/h1-11,20-21H. The molecule has 0 saturated heterocycles. The second-order valence-corrected chi connectivity index (χ2v) is 5.31. The van der Waals surface area contributed by atoms with Gasteiger partial charge < -0.3 is 14.5 Å². The van der Waals surface area contributed by atoms with E-state index < -0.39 is 7.12 Å². The summed E-state index contributed by atoms with van der Waals surface area (Å²) in [5.41, 5.74) is 4.23. The van der Waals surface area contributed by atoms with Crippen molar-refractivity contribution >= 4 is 34.5 Å². The van der Waals surface area contributed by atoms with Crippen molar-refractivity contribution in [2.45, 2.75) is 0 Å². The first-order valence-corrected chi connectivity index (χ1v) is 7.10. The molecule has 0 unspecified atom stereocenters. The molecule has 3 aromatic carbocycles. The van der Waals surface area contributed by atoms with E-state index in [2.05, 4.69) is 18.2 Å². The van der Waals surface area contributed by atoms with Crippen molar-refractivity contribution in [2.75, 3.05) is 0 Å². The maximum absolute atomic E-state index is 9.35. The van der Waals surface area contributed by atoms with Crippen LogP contribution in [0.25, 0.3) is 33.1 Å². The van der Waals surface area contributed by atoms with E-state index in [4.69, 9.17) is 4.42 Å². The van der Waals surface area contributed by atoms with Crippen LogP contribution >= 0.6 is 0 Å². The molecule has 0 aliphatic rings. The molecule has 4 aromatic rings. The molecule has 2 N–H and O–H groups in total. The summed E-state index contributed by atoms with van der Waals surface area (Å²) in [5.74, 6) is 0. The number of hydrogen-bond donors (Lipinski definition) is 2. The van der Waals surface area contributed by atoms with Crippen LogP contribution < -0.4 is 5.46 Å². The fraction of sp³-hybridized carbons (Fsp3) is 0. The van der Waals surface area contributed by atoms with Crippen molar-refractivity contribution in [3.63, 3.8) is 0 Å². The average molecular weight is 288 g/mol. The fourth-order valence-corrected chi connectivity index (χ4v) is 2.77.